The van der Waals surface area contributed by atoms with Crippen LogP contribution in [0.5, 0.6) is 0 Å². The van der Waals surface area contributed by atoms with Crippen LogP contribution >= 0.6 is 11.3 Å². The molecule has 1 unspecified atom stereocenters. The lowest BCUT2D eigenvalue weighted by molar-refractivity contribution is -0.125. The predicted octanol–water partition coefficient (Wildman–Crippen LogP) is 0.266. The molecule has 3 N–H and O–H groups in total. The number of carbonyl (C=O) groups excluding carboxylic acids is 2. The lowest BCUT2D eigenvalue weighted by Crippen LogP contribution is -2.56. The topological polar surface area (TPSA) is 94.6 Å². The van der Waals surface area contributed by atoms with Gasteiger partial charge in [0.05, 0.1) is 15.7 Å². The minimum Gasteiger partial charge on any atom is -0.361 e. The van der Waals surface area contributed by atoms with Crippen LogP contribution in [0.25, 0.3) is 10.2 Å². The van der Waals surface area contributed by atoms with Gasteiger partial charge in [-0.1, -0.05) is 0 Å². The Morgan fingerprint density at radius 3 is 2.87 bits per heavy atom. The highest BCUT2D eigenvalue weighted by Gasteiger charge is 2.48. The van der Waals surface area contributed by atoms with Crippen molar-refractivity contribution in [1.29, 1.82) is 0 Å². The van der Waals surface area contributed by atoms with E-state index in [1.807, 2.05) is 18.2 Å². The summed E-state index contributed by atoms with van der Waals surface area (Å²) in [7, 11) is 0. The van der Waals surface area contributed by atoms with Gasteiger partial charge in [0.1, 0.15) is 5.54 Å². The van der Waals surface area contributed by atoms with E-state index < -0.39 is 11.9 Å². The number of hydrogen-bond donors (Lipinski definition) is 3. The highest BCUT2D eigenvalue weighted by molar-refractivity contribution is 7.16. The first-order chi connectivity index (χ1) is 11.1. The number of fused-ring (bicyclic) bond motifs is 1. The SMILES string of the molecule is O=C(c1ccc2scnc2c1)N1CCC2(CC1)NC(O)NC2=O. The minimum atomic E-state index is -1.00. The molecular formula is C15H16N4O3S. The third-order valence-corrected chi connectivity index (χ3v) is 5.41. The number of aromatic nitrogens is 1. The molecule has 4 rings (SSSR count). The zero-order chi connectivity index (χ0) is 16.0. The maximum atomic E-state index is 12.6. The van der Waals surface area contributed by atoms with Gasteiger partial charge in [-0.3, -0.25) is 14.9 Å². The number of rotatable bonds is 1. The number of likely N-dealkylation sites (tertiary alicyclic amines) is 1. The van der Waals surface area contributed by atoms with Gasteiger partial charge in [-0.15, -0.1) is 11.3 Å². The fourth-order valence-corrected chi connectivity index (χ4v) is 3.92. The molecule has 2 amide bonds. The molecule has 2 fully saturated rings. The Balaban J connectivity index is 1.49. The monoisotopic (exact) mass is 332 g/mol. The van der Waals surface area contributed by atoms with Gasteiger partial charge in [-0.05, 0) is 31.0 Å². The Kier molecular flexibility index (Phi) is 3.33. The molecule has 1 aromatic heterocycles. The van der Waals surface area contributed by atoms with Gasteiger partial charge < -0.3 is 15.3 Å². The van der Waals surface area contributed by atoms with Crippen LogP contribution in [0.15, 0.2) is 23.7 Å². The molecule has 8 heteroatoms. The van der Waals surface area contributed by atoms with Crippen molar-refractivity contribution < 1.29 is 14.7 Å². The number of aliphatic hydroxyl groups is 1. The number of piperidine rings is 1. The van der Waals surface area contributed by atoms with Crippen LogP contribution in [-0.2, 0) is 4.79 Å². The van der Waals surface area contributed by atoms with Gasteiger partial charge in [0.2, 0.25) is 5.91 Å². The van der Waals surface area contributed by atoms with Crippen molar-refractivity contribution in [2.45, 2.75) is 24.7 Å². The van der Waals surface area contributed by atoms with E-state index in [2.05, 4.69) is 15.6 Å². The summed E-state index contributed by atoms with van der Waals surface area (Å²) in [6.45, 7) is 0.947. The summed E-state index contributed by atoms with van der Waals surface area (Å²) in [5.74, 6) is -0.241. The van der Waals surface area contributed by atoms with Crippen LogP contribution in [0.2, 0.25) is 0 Å². The summed E-state index contributed by atoms with van der Waals surface area (Å²) in [5, 5.41) is 14.9. The lowest BCUT2D eigenvalue weighted by Gasteiger charge is -2.37. The molecule has 2 saturated heterocycles. The molecule has 3 heterocycles. The number of thiazole rings is 1. The zero-order valence-electron chi connectivity index (χ0n) is 12.3. The van der Waals surface area contributed by atoms with Crippen molar-refractivity contribution in [1.82, 2.24) is 20.5 Å². The largest absolute Gasteiger partial charge is 0.361 e. The second-order valence-electron chi connectivity index (χ2n) is 5.93. The van der Waals surface area contributed by atoms with Gasteiger partial charge in [-0.2, -0.15) is 0 Å². The van der Waals surface area contributed by atoms with Crippen LogP contribution in [0, 0.1) is 0 Å². The molecule has 2 aliphatic rings. The molecule has 7 nitrogen and oxygen atoms in total. The van der Waals surface area contributed by atoms with Crippen LogP contribution in [-0.4, -0.2) is 51.8 Å². The molecule has 0 saturated carbocycles. The zero-order valence-corrected chi connectivity index (χ0v) is 13.1. The second-order valence-corrected chi connectivity index (χ2v) is 6.82. The number of benzene rings is 1. The molecule has 23 heavy (non-hydrogen) atoms. The molecule has 0 bridgehead atoms. The molecular weight excluding hydrogens is 316 g/mol. The maximum absolute atomic E-state index is 12.6. The minimum absolute atomic E-state index is 0.0475. The Morgan fingerprint density at radius 2 is 2.17 bits per heavy atom. The highest BCUT2D eigenvalue weighted by atomic mass is 32.1. The Bertz CT molecular complexity index is 782. The van der Waals surface area contributed by atoms with Gasteiger partial charge >= 0.3 is 0 Å². The fourth-order valence-electron chi connectivity index (χ4n) is 3.26. The quantitative estimate of drug-likeness (QED) is 0.697. The third kappa shape index (κ3) is 2.39. The third-order valence-electron chi connectivity index (χ3n) is 4.60. The van der Waals surface area contributed by atoms with Gasteiger partial charge in [0, 0.05) is 18.7 Å². The number of nitrogens with zero attached hydrogens (tertiary/aromatic N) is 2. The lowest BCUT2D eigenvalue weighted by atomic mass is 9.87. The smallest absolute Gasteiger partial charge is 0.253 e. The number of nitrogens with one attached hydrogen (secondary N) is 2. The average molecular weight is 332 g/mol. The van der Waals surface area contributed by atoms with Crippen molar-refractivity contribution in [3.8, 4) is 0 Å². The molecule has 2 aliphatic heterocycles. The number of hydrogen-bond acceptors (Lipinski definition) is 6. The molecule has 0 radical (unpaired) electrons. The van der Waals surface area contributed by atoms with E-state index in [-0.39, 0.29) is 11.8 Å². The van der Waals surface area contributed by atoms with Crippen LogP contribution in [0.1, 0.15) is 23.2 Å². The Labute approximate surface area is 136 Å². The Hall–Kier alpha value is -2.03. The summed E-state index contributed by atoms with van der Waals surface area (Å²) in [6, 6.07) is 5.54. The van der Waals surface area contributed by atoms with Crippen LogP contribution < -0.4 is 10.6 Å². The summed E-state index contributed by atoms with van der Waals surface area (Å²) in [4.78, 5) is 30.6. The summed E-state index contributed by atoms with van der Waals surface area (Å²) >= 11 is 1.54. The van der Waals surface area contributed by atoms with Crippen LogP contribution in [0.4, 0.5) is 0 Å². The first-order valence-corrected chi connectivity index (χ1v) is 8.35. The maximum Gasteiger partial charge on any atom is 0.253 e. The van der Waals surface area contributed by atoms with Gasteiger partial charge in [0.25, 0.3) is 5.91 Å². The van der Waals surface area contributed by atoms with Crippen molar-refractivity contribution in [3.63, 3.8) is 0 Å². The molecule has 0 aliphatic carbocycles. The normalized spacial score (nSPS) is 23.4. The van der Waals surface area contributed by atoms with Gasteiger partial charge in [-0.25, -0.2) is 4.98 Å². The van der Waals surface area contributed by atoms with E-state index in [1.54, 1.807) is 21.7 Å². The second kappa shape index (κ2) is 5.26. The standard InChI is InChI=1S/C15H16N4O3S/c20-12(9-1-2-11-10(7-9)16-8-23-11)19-5-3-15(4-6-19)13(21)17-14(22)18-15/h1-2,7-8,14,18,22H,3-6H2,(H,17,21). The van der Waals surface area contributed by atoms with E-state index in [0.29, 0.717) is 31.5 Å². The van der Waals surface area contributed by atoms with Crippen molar-refractivity contribution in [2.75, 3.05) is 13.1 Å². The van der Waals surface area contributed by atoms with Crippen molar-refractivity contribution in [2.24, 2.45) is 0 Å². The van der Waals surface area contributed by atoms with E-state index in [0.717, 1.165) is 10.2 Å². The molecule has 1 atom stereocenters. The predicted molar refractivity (Wildman–Crippen MR) is 84.8 cm³/mol. The highest BCUT2D eigenvalue weighted by Crippen LogP contribution is 2.27. The fraction of sp³-hybridized carbons (Fsp3) is 0.400. The number of amides is 2. The van der Waals surface area contributed by atoms with E-state index in [9.17, 15) is 14.7 Å². The van der Waals surface area contributed by atoms with Crippen LogP contribution in [0.3, 0.4) is 0 Å². The number of carbonyl (C=O) groups is 2. The Morgan fingerprint density at radius 1 is 1.39 bits per heavy atom. The molecule has 120 valence electrons. The van der Waals surface area contributed by atoms with E-state index >= 15 is 0 Å². The first kappa shape index (κ1) is 14.6. The first-order valence-electron chi connectivity index (χ1n) is 7.47. The average Bonchev–Trinajstić information content (AvgIpc) is 3.11. The summed E-state index contributed by atoms with van der Waals surface area (Å²) in [5.41, 5.74) is 2.45. The molecule has 1 spiro atoms. The van der Waals surface area contributed by atoms with Crippen molar-refractivity contribution >= 4 is 33.4 Å². The van der Waals surface area contributed by atoms with Gasteiger partial charge in [0.15, 0.2) is 6.35 Å². The molecule has 2 aromatic rings. The summed E-state index contributed by atoms with van der Waals surface area (Å²) < 4.78 is 1.06. The van der Waals surface area contributed by atoms with E-state index in [4.69, 9.17) is 0 Å². The molecule has 1 aromatic carbocycles. The van der Waals surface area contributed by atoms with E-state index in [1.165, 1.54) is 0 Å². The summed E-state index contributed by atoms with van der Waals surface area (Å²) in [6.07, 6.45) is -0.0296. The van der Waals surface area contributed by atoms with Crippen molar-refractivity contribution in [3.05, 3.63) is 29.3 Å². The number of aliphatic hydroxyl groups excluding tert-OH is 1.